The zero-order valence-electron chi connectivity index (χ0n) is 18.0. The second kappa shape index (κ2) is 8.55. The van der Waals surface area contributed by atoms with E-state index in [2.05, 4.69) is 0 Å². The molecule has 0 bridgehead atoms. The predicted octanol–water partition coefficient (Wildman–Crippen LogP) is 5.05. The van der Waals surface area contributed by atoms with Gasteiger partial charge < -0.3 is 18.6 Å². The molecule has 0 saturated carbocycles. The van der Waals surface area contributed by atoms with Crippen LogP contribution in [-0.4, -0.2) is 24.6 Å². The molecule has 0 N–H and O–H groups in total. The molecule has 1 atom stereocenters. The summed E-state index contributed by atoms with van der Waals surface area (Å²) >= 11 is 0. The maximum absolute atomic E-state index is 12.9. The molecule has 0 unspecified atom stereocenters. The summed E-state index contributed by atoms with van der Waals surface area (Å²) in [7, 11) is 0. The Hall–Kier alpha value is -3.12. The first-order chi connectivity index (χ1) is 14.8. The number of hydrogen-bond acceptors (Lipinski definition) is 6. The van der Waals surface area contributed by atoms with Crippen LogP contribution in [0, 0.1) is 12.8 Å². The first-order valence-corrected chi connectivity index (χ1v) is 10.4. The van der Waals surface area contributed by atoms with E-state index in [0.29, 0.717) is 47.7 Å². The third-order valence-electron chi connectivity index (χ3n) is 5.48. The normalized spacial score (nSPS) is 18.0. The van der Waals surface area contributed by atoms with E-state index in [1.807, 2.05) is 32.0 Å². The van der Waals surface area contributed by atoms with Crippen LogP contribution in [0.5, 0.6) is 17.2 Å². The summed E-state index contributed by atoms with van der Waals surface area (Å²) in [6, 6.07) is 14.0. The predicted molar refractivity (Wildman–Crippen MR) is 117 cm³/mol. The van der Waals surface area contributed by atoms with Gasteiger partial charge in [0.2, 0.25) is 11.2 Å². The summed E-state index contributed by atoms with van der Waals surface area (Å²) in [4.78, 5) is 25.5. The molecule has 1 aliphatic rings. The van der Waals surface area contributed by atoms with Crippen molar-refractivity contribution in [2.45, 2.75) is 39.2 Å². The minimum absolute atomic E-state index is 0.0231. The number of Topliss-reactive ketones (excluding diaryl/α,β-unsaturated/α-hetero) is 1. The molecule has 2 aromatic carbocycles. The molecule has 1 saturated heterocycles. The van der Waals surface area contributed by atoms with E-state index in [9.17, 15) is 9.59 Å². The molecule has 162 valence electrons. The van der Waals surface area contributed by atoms with Crippen LogP contribution in [0.15, 0.2) is 57.7 Å². The van der Waals surface area contributed by atoms with Crippen molar-refractivity contribution in [1.82, 2.24) is 0 Å². The summed E-state index contributed by atoms with van der Waals surface area (Å²) in [6.45, 7) is 6.23. The molecule has 6 nitrogen and oxygen atoms in total. The highest BCUT2D eigenvalue weighted by Gasteiger charge is 2.32. The van der Waals surface area contributed by atoms with Gasteiger partial charge in [-0.25, -0.2) is 0 Å². The Morgan fingerprint density at radius 1 is 1.13 bits per heavy atom. The largest absolute Gasteiger partial charge is 0.486 e. The van der Waals surface area contributed by atoms with Gasteiger partial charge in [0.25, 0.3) is 0 Å². The SMILES string of the molecule is Cc1oc2cc(OCC(=O)[C@@H]3CCOC(C)(C)C3)ccc2c(=O)c1Oc1ccccc1. The van der Waals surface area contributed by atoms with Crippen molar-refractivity contribution in [2.24, 2.45) is 5.92 Å². The van der Waals surface area contributed by atoms with E-state index in [1.54, 1.807) is 37.3 Å². The van der Waals surface area contributed by atoms with E-state index in [-0.39, 0.29) is 35.1 Å². The van der Waals surface area contributed by atoms with Crippen LogP contribution in [0.25, 0.3) is 11.0 Å². The Morgan fingerprint density at radius 2 is 1.90 bits per heavy atom. The van der Waals surface area contributed by atoms with Crippen LogP contribution < -0.4 is 14.9 Å². The lowest BCUT2D eigenvalue weighted by atomic mass is 9.86. The van der Waals surface area contributed by atoms with Gasteiger partial charge in [-0.2, -0.15) is 0 Å². The maximum Gasteiger partial charge on any atom is 0.235 e. The zero-order valence-corrected chi connectivity index (χ0v) is 18.0. The third-order valence-corrected chi connectivity index (χ3v) is 5.48. The van der Waals surface area contributed by atoms with Gasteiger partial charge in [0.15, 0.2) is 5.78 Å². The van der Waals surface area contributed by atoms with Crippen LogP contribution in [0.3, 0.4) is 0 Å². The van der Waals surface area contributed by atoms with Crippen molar-refractivity contribution in [1.29, 1.82) is 0 Å². The Balaban J connectivity index is 1.50. The summed E-state index contributed by atoms with van der Waals surface area (Å²) in [5, 5.41) is 0.390. The average molecular weight is 422 g/mol. The van der Waals surface area contributed by atoms with E-state index in [0.717, 1.165) is 0 Å². The molecular weight excluding hydrogens is 396 g/mol. The van der Waals surface area contributed by atoms with E-state index < -0.39 is 0 Å². The molecule has 0 aliphatic carbocycles. The lowest BCUT2D eigenvalue weighted by molar-refractivity contribution is -0.135. The highest BCUT2D eigenvalue weighted by Crippen LogP contribution is 2.30. The standard InChI is InChI=1S/C25H26O6/c1-16-24(31-18-7-5-4-6-8-18)23(27)20-10-9-19(13-22(20)30-16)28-15-21(26)17-11-12-29-25(2,3)14-17/h4-10,13,17H,11-12,14-15H2,1-3H3/t17-/m1/s1. The number of ketones is 1. The summed E-state index contributed by atoms with van der Waals surface area (Å²) in [6.07, 6.45) is 1.40. The second-order valence-electron chi connectivity index (χ2n) is 8.44. The van der Waals surface area contributed by atoms with E-state index >= 15 is 0 Å². The van der Waals surface area contributed by atoms with Gasteiger partial charge in [0.05, 0.1) is 11.0 Å². The topological polar surface area (TPSA) is 75.0 Å². The van der Waals surface area contributed by atoms with Gasteiger partial charge in [-0.15, -0.1) is 0 Å². The maximum atomic E-state index is 12.9. The van der Waals surface area contributed by atoms with E-state index in [4.69, 9.17) is 18.6 Å². The number of rotatable bonds is 6. The molecule has 1 aliphatic heterocycles. The van der Waals surface area contributed by atoms with Crippen LogP contribution in [-0.2, 0) is 9.53 Å². The van der Waals surface area contributed by atoms with Crippen LogP contribution >= 0.6 is 0 Å². The lowest BCUT2D eigenvalue weighted by Gasteiger charge is -2.34. The second-order valence-corrected chi connectivity index (χ2v) is 8.44. The fourth-order valence-corrected chi connectivity index (χ4v) is 3.86. The van der Waals surface area contributed by atoms with Crippen molar-refractivity contribution in [3.8, 4) is 17.2 Å². The molecule has 1 fully saturated rings. The van der Waals surface area contributed by atoms with E-state index in [1.165, 1.54) is 0 Å². The molecule has 31 heavy (non-hydrogen) atoms. The van der Waals surface area contributed by atoms with Crippen molar-refractivity contribution in [3.05, 3.63) is 64.5 Å². The molecule has 0 amide bonds. The van der Waals surface area contributed by atoms with Gasteiger partial charge in [0, 0.05) is 18.6 Å². The summed E-state index contributed by atoms with van der Waals surface area (Å²) in [5.74, 6) is 1.56. The van der Waals surface area contributed by atoms with Gasteiger partial charge >= 0.3 is 0 Å². The Kier molecular flexibility index (Phi) is 5.83. The molecule has 4 rings (SSSR count). The minimum Gasteiger partial charge on any atom is -0.486 e. The van der Waals surface area contributed by atoms with Crippen molar-refractivity contribution in [2.75, 3.05) is 13.2 Å². The lowest BCUT2D eigenvalue weighted by Crippen LogP contribution is -2.38. The third kappa shape index (κ3) is 4.80. The van der Waals surface area contributed by atoms with Gasteiger partial charge in [-0.3, -0.25) is 9.59 Å². The number of ether oxygens (including phenoxy) is 3. The molecule has 0 radical (unpaired) electrons. The Morgan fingerprint density at radius 3 is 2.65 bits per heavy atom. The number of carbonyl (C=O) groups excluding carboxylic acids is 1. The summed E-state index contributed by atoms with van der Waals surface area (Å²) in [5.41, 5.74) is -0.156. The van der Waals surface area contributed by atoms with Gasteiger partial charge in [-0.05, 0) is 57.9 Å². The Bertz CT molecular complexity index is 1150. The van der Waals surface area contributed by atoms with Crippen molar-refractivity contribution >= 4 is 16.8 Å². The molecule has 6 heteroatoms. The number of aryl methyl sites for hydroxylation is 1. The number of fused-ring (bicyclic) bond motifs is 1. The molecule has 0 spiro atoms. The quantitative estimate of drug-likeness (QED) is 0.554. The first-order valence-electron chi connectivity index (χ1n) is 10.4. The van der Waals surface area contributed by atoms with Crippen LogP contribution in [0.2, 0.25) is 0 Å². The minimum atomic E-state index is -0.290. The fourth-order valence-electron chi connectivity index (χ4n) is 3.86. The van der Waals surface area contributed by atoms with Gasteiger partial charge in [0.1, 0.15) is 29.4 Å². The van der Waals surface area contributed by atoms with Crippen molar-refractivity contribution < 1.29 is 23.4 Å². The highest BCUT2D eigenvalue weighted by atomic mass is 16.5. The number of carbonyl (C=O) groups is 1. The smallest absolute Gasteiger partial charge is 0.235 e. The fraction of sp³-hybridized carbons (Fsp3) is 0.360. The highest BCUT2D eigenvalue weighted by molar-refractivity contribution is 5.83. The molecule has 1 aromatic heterocycles. The van der Waals surface area contributed by atoms with Crippen LogP contribution in [0.1, 0.15) is 32.4 Å². The molecule has 3 aromatic rings. The number of benzene rings is 2. The number of para-hydroxylation sites is 1. The molecular formula is C25H26O6. The Labute approximate surface area is 180 Å². The molecule has 2 heterocycles. The zero-order chi connectivity index (χ0) is 22.0. The number of hydrogen-bond donors (Lipinski definition) is 0. The monoisotopic (exact) mass is 422 g/mol. The van der Waals surface area contributed by atoms with Gasteiger partial charge in [-0.1, -0.05) is 18.2 Å². The summed E-state index contributed by atoms with van der Waals surface area (Å²) < 4.78 is 23.0. The average Bonchev–Trinajstić information content (AvgIpc) is 2.75. The van der Waals surface area contributed by atoms with Crippen LogP contribution in [0.4, 0.5) is 0 Å². The first kappa shape index (κ1) is 21.1. The van der Waals surface area contributed by atoms with Crippen molar-refractivity contribution in [3.63, 3.8) is 0 Å².